The molecule has 30 heavy (non-hydrogen) atoms. The molecule has 3 heteroatoms. The van der Waals surface area contributed by atoms with Crippen molar-refractivity contribution in [3.63, 3.8) is 0 Å². The molecule has 0 unspecified atom stereocenters. The predicted molar refractivity (Wildman–Crippen MR) is 120 cm³/mol. The van der Waals surface area contributed by atoms with Gasteiger partial charge in [0.25, 0.3) is 0 Å². The summed E-state index contributed by atoms with van der Waals surface area (Å²) >= 11 is 0. The molecule has 2 aliphatic heterocycles. The number of aliphatic hydroxyl groups is 1. The summed E-state index contributed by atoms with van der Waals surface area (Å²) in [5.41, 5.74) is 2.33. The Bertz CT molecular complexity index is 739. The molecule has 4 aliphatic carbocycles. The van der Waals surface area contributed by atoms with Gasteiger partial charge < -0.3 is 9.84 Å². The number of fused-ring (bicyclic) bond motifs is 7. The van der Waals surface area contributed by atoms with Crippen molar-refractivity contribution in [1.82, 2.24) is 5.32 Å². The maximum atomic E-state index is 10.3. The van der Waals surface area contributed by atoms with E-state index in [2.05, 4.69) is 39.1 Å². The van der Waals surface area contributed by atoms with Crippen LogP contribution in [0.5, 0.6) is 0 Å². The van der Waals surface area contributed by atoms with Gasteiger partial charge in [-0.15, -0.1) is 0 Å². The Labute approximate surface area is 183 Å². The molecule has 6 rings (SSSR count). The summed E-state index contributed by atoms with van der Waals surface area (Å²) in [5, 5.41) is 14.1. The van der Waals surface area contributed by atoms with Crippen molar-refractivity contribution in [1.29, 1.82) is 0 Å². The van der Waals surface area contributed by atoms with Crippen LogP contribution in [0, 0.1) is 46.3 Å². The van der Waals surface area contributed by atoms with Crippen LogP contribution >= 0.6 is 0 Å². The molecule has 6 aliphatic rings. The monoisotopic (exact) mass is 413 g/mol. The van der Waals surface area contributed by atoms with Gasteiger partial charge in [0, 0.05) is 12.5 Å². The third kappa shape index (κ3) is 2.55. The fraction of sp³-hybridized carbons (Fsp3) is 0.926. The highest BCUT2D eigenvalue weighted by Crippen LogP contribution is 2.70. The Balaban J connectivity index is 1.28. The zero-order valence-electron chi connectivity index (χ0n) is 19.6. The number of ether oxygens (including phenoxy) is 1. The van der Waals surface area contributed by atoms with E-state index in [4.69, 9.17) is 4.74 Å². The highest BCUT2D eigenvalue weighted by Gasteiger charge is 2.68. The summed E-state index contributed by atoms with van der Waals surface area (Å²) < 4.78 is 7.00. The van der Waals surface area contributed by atoms with Crippen molar-refractivity contribution < 1.29 is 9.84 Å². The molecule has 3 saturated carbocycles. The van der Waals surface area contributed by atoms with Gasteiger partial charge in [0.1, 0.15) is 5.72 Å². The molecule has 2 N–H and O–H groups in total. The molecule has 2 saturated heterocycles. The summed E-state index contributed by atoms with van der Waals surface area (Å²) in [5.74, 6) is 4.58. The van der Waals surface area contributed by atoms with Crippen LogP contribution in [0.3, 0.4) is 0 Å². The van der Waals surface area contributed by atoms with E-state index in [0.29, 0.717) is 22.9 Å². The van der Waals surface area contributed by atoms with Gasteiger partial charge in [0.15, 0.2) is 0 Å². The van der Waals surface area contributed by atoms with Crippen LogP contribution in [0.25, 0.3) is 0 Å². The summed E-state index contributed by atoms with van der Waals surface area (Å²) in [6.45, 7) is 11.2. The van der Waals surface area contributed by atoms with E-state index in [0.717, 1.165) is 49.0 Å². The Kier molecular flexibility index (Phi) is 4.44. The lowest BCUT2D eigenvalue weighted by molar-refractivity contribution is -0.115. The van der Waals surface area contributed by atoms with Gasteiger partial charge in [-0.25, -0.2) is 0 Å². The molecular formula is C27H43NO2. The minimum atomic E-state index is -0.100. The number of aliphatic hydroxyl groups excluding tert-OH is 1. The molecule has 0 aromatic rings. The van der Waals surface area contributed by atoms with Crippen LogP contribution < -0.4 is 5.32 Å². The fourth-order valence-corrected chi connectivity index (χ4v) is 9.84. The van der Waals surface area contributed by atoms with Gasteiger partial charge in [0.05, 0.1) is 12.2 Å². The van der Waals surface area contributed by atoms with Crippen molar-refractivity contribution in [3.05, 3.63) is 11.6 Å². The van der Waals surface area contributed by atoms with Crippen LogP contribution in [0.4, 0.5) is 0 Å². The van der Waals surface area contributed by atoms with E-state index >= 15 is 0 Å². The third-order valence-electron chi connectivity index (χ3n) is 11.6. The first-order valence-electron chi connectivity index (χ1n) is 13.1. The standard InChI is InChI=1S/C27H43NO2/c1-16-7-12-27(28-15-16)17(2)24-23(30-27)14-22-20-6-5-18-13-19(29)8-10-25(18,3)21(20)9-11-26(22,24)4/h5,16-17,19-24,28-29H,6-15H2,1-4H3/t16-,17-,19+,20+,21-,22-,23-,24-,25+,26+,27+/m1/s1. The Morgan fingerprint density at radius 1 is 1.07 bits per heavy atom. The van der Waals surface area contributed by atoms with E-state index < -0.39 is 0 Å². The zero-order valence-corrected chi connectivity index (χ0v) is 19.6. The average molecular weight is 414 g/mol. The van der Waals surface area contributed by atoms with E-state index in [9.17, 15) is 5.11 Å². The average Bonchev–Trinajstić information content (AvgIpc) is 3.16. The predicted octanol–water partition coefficient (Wildman–Crippen LogP) is 5.29. The van der Waals surface area contributed by atoms with Crippen LogP contribution in [0.2, 0.25) is 0 Å². The summed E-state index contributed by atoms with van der Waals surface area (Å²) in [6.07, 6.45) is 13.8. The van der Waals surface area contributed by atoms with Crippen molar-refractivity contribution in [2.75, 3.05) is 6.54 Å². The summed E-state index contributed by atoms with van der Waals surface area (Å²) in [6, 6.07) is 0. The molecule has 3 nitrogen and oxygen atoms in total. The largest absolute Gasteiger partial charge is 0.393 e. The highest BCUT2D eigenvalue weighted by molar-refractivity contribution is 5.26. The molecule has 2 heterocycles. The SMILES string of the molecule is C[C@@H]1CC[C@]2(NC1)O[C@@H]1C[C@@H]3[C@H]4CC=C5C[C@@H](O)CC[C@]5(C)[C@@H]4CC[C@]3(C)[C@@H]1[C@H]2C. The van der Waals surface area contributed by atoms with Gasteiger partial charge >= 0.3 is 0 Å². The maximum Gasteiger partial charge on any atom is 0.122 e. The van der Waals surface area contributed by atoms with Crippen LogP contribution in [-0.4, -0.2) is 29.6 Å². The maximum absolute atomic E-state index is 10.3. The van der Waals surface area contributed by atoms with E-state index in [-0.39, 0.29) is 11.8 Å². The first kappa shape index (κ1) is 20.2. The van der Waals surface area contributed by atoms with Gasteiger partial charge in [-0.05, 0) is 98.2 Å². The molecular weight excluding hydrogens is 370 g/mol. The van der Waals surface area contributed by atoms with E-state index in [1.807, 2.05) is 0 Å². The second-order valence-corrected chi connectivity index (χ2v) is 12.8. The van der Waals surface area contributed by atoms with Crippen molar-refractivity contribution >= 4 is 0 Å². The van der Waals surface area contributed by atoms with Gasteiger partial charge in [0.2, 0.25) is 0 Å². The molecule has 0 aromatic heterocycles. The van der Waals surface area contributed by atoms with E-state index in [1.165, 1.54) is 44.9 Å². The third-order valence-corrected chi connectivity index (χ3v) is 11.6. The normalized spacial score (nSPS) is 59.8. The molecule has 1 spiro atoms. The molecule has 0 amide bonds. The zero-order chi connectivity index (χ0) is 20.9. The number of hydrogen-bond donors (Lipinski definition) is 2. The van der Waals surface area contributed by atoms with Crippen molar-refractivity contribution in [2.24, 2.45) is 46.3 Å². The Morgan fingerprint density at radius 3 is 2.67 bits per heavy atom. The second-order valence-electron chi connectivity index (χ2n) is 12.8. The number of piperidine rings is 1. The van der Waals surface area contributed by atoms with Gasteiger partial charge in [-0.2, -0.15) is 0 Å². The lowest BCUT2D eigenvalue weighted by Crippen LogP contribution is -2.57. The number of rotatable bonds is 0. The minimum Gasteiger partial charge on any atom is -0.393 e. The fourth-order valence-electron chi connectivity index (χ4n) is 9.84. The molecule has 0 radical (unpaired) electrons. The number of hydrogen-bond acceptors (Lipinski definition) is 3. The van der Waals surface area contributed by atoms with Crippen LogP contribution in [0.1, 0.15) is 85.5 Å². The molecule has 5 fully saturated rings. The molecule has 0 bridgehead atoms. The second kappa shape index (κ2) is 6.58. The first-order valence-corrected chi connectivity index (χ1v) is 13.1. The quantitative estimate of drug-likeness (QED) is 0.530. The van der Waals surface area contributed by atoms with Crippen molar-refractivity contribution in [3.8, 4) is 0 Å². The Hall–Kier alpha value is -0.380. The molecule has 0 aromatic carbocycles. The van der Waals surface area contributed by atoms with Crippen LogP contribution in [0.15, 0.2) is 11.6 Å². The lowest BCUT2D eigenvalue weighted by Gasteiger charge is -2.58. The van der Waals surface area contributed by atoms with Gasteiger partial charge in [-0.3, -0.25) is 5.32 Å². The number of allylic oxidation sites excluding steroid dienone is 1. The molecule has 11 atom stereocenters. The van der Waals surface area contributed by atoms with E-state index in [1.54, 1.807) is 5.57 Å². The minimum absolute atomic E-state index is 0.0439. The topological polar surface area (TPSA) is 41.5 Å². The van der Waals surface area contributed by atoms with Crippen LogP contribution in [-0.2, 0) is 4.74 Å². The smallest absolute Gasteiger partial charge is 0.122 e. The Morgan fingerprint density at radius 2 is 1.90 bits per heavy atom. The lowest BCUT2D eigenvalue weighted by atomic mass is 9.47. The first-order chi connectivity index (χ1) is 14.3. The number of nitrogens with one attached hydrogen (secondary N) is 1. The summed E-state index contributed by atoms with van der Waals surface area (Å²) in [7, 11) is 0. The van der Waals surface area contributed by atoms with Crippen molar-refractivity contribution in [2.45, 2.75) is 103 Å². The van der Waals surface area contributed by atoms with Gasteiger partial charge in [-0.1, -0.05) is 39.3 Å². The highest BCUT2D eigenvalue weighted by atomic mass is 16.5. The summed E-state index contributed by atoms with van der Waals surface area (Å²) in [4.78, 5) is 0. The molecule has 168 valence electrons.